The summed E-state index contributed by atoms with van der Waals surface area (Å²) in [6.07, 6.45) is 0. The van der Waals surface area contributed by atoms with Crippen molar-refractivity contribution in [3.05, 3.63) is 7.05 Å². The lowest BCUT2D eigenvalue weighted by molar-refractivity contribution is 0.594. The van der Waals surface area contributed by atoms with Gasteiger partial charge < -0.3 is 5.32 Å². The molecule has 4 heteroatoms. The SMILES string of the molecule is [CH2]NCS(=O)(=O)CC. The van der Waals surface area contributed by atoms with Gasteiger partial charge in [-0.2, -0.15) is 0 Å². The van der Waals surface area contributed by atoms with Crippen molar-refractivity contribution in [2.24, 2.45) is 0 Å². The molecule has 0 heterocycles. The van der Waals surface area contributed by atoms with Gasteiger partial charge in [-0.25, -0.2) is 8.42 Å². The Morgan fingerprint density at radius 3 is 2.25 bits per heavy atom. The van der Waals surface area contributed by atoms with E-state index in [4.69, 9.17) is 0 Å². The second-order valence-corrected chi connectivity index (χ2v) is 3.78. The molecule has 0 aromatic heterocycles. The number of sulfone groups is 1. The lowest BCUT2D eigenvalue weighted by Gasteiger charge is -1.95. The first-order valence-electron chi connectivity index (χ1n) is 2.32. The van der Waals surface area contributed by atoms with E-state index in [2.05, 4.69) is 12.4 Å². The average molecular weight is 136 g/mol. The number of nitrogens with one attached hydrogen (secondary N) is 1. The standard InChI is InChI=1S/C4H10NO2S/c1-3-8(6,7)4-5-2/h5H,2-4H2,1H3. The zero-order valence-electron chi connectivity index (χ0n) is 4.85. The molecule has 3 nitrogen and oxygen atoms in total. The molecule has 1 N–H and O–H groups in total. The normalized spacial score (nSPS) is 11.8. The molecule has 0 aromatic carbocycles. The van der Waals surface area contributed by atoms with Crippen molar-refractivity contribution >= 4 is 9.84 Å². The van der Waals surface area contributed by atoms with Gasteiger partial charge in [0.2, 0.25) is 0 Å². The molecule has 0 aliphatic rings. The van der Waals surface area contributed by atoms with Crippen molar-refractivity contribution in [2.45, 2.75) is 6.92 Å². The molecule has 0 aromatic rings. The van der Waals surface area contributed by atoms with Crippen LogP contribution in [0.5, 0.6) is 0 Å². The zero-order chi connectivity index (χ0) is 6.62. The fourth-order valence-electron chi connectivity index (χ4n) is 0.258. The molecule has 0 atom stereocenters. The van der Waals surface area contributed by atoms with Crippen molar-refractivity contribution < 1.29 is 8.42 Å². The summed E-state index contributed by atoms with van der Waals surface area (Å²) in [5.74, 6) is 0.152. The maximum atomic E-state index is 10.5. The van der Waals surface area contributed by atoms with Crippen LogP contribution in [0.15, 0.2) is 0 Å². The highest BCUT2D eigenvalue weighted by Crippen LogP contribution is 1.82. The number of hydrogen-bond acceptors (Lipinski definition) is 3. The first kappa shape index (κ1) is 7.91. The molecule has 0 saturated carbocycles. The van der Waals surface area contributed by atoms with Gasteiger partial charge in [-0.1, -0.05) is 6.92 Å². The second kappa shape index (κ2) is 3.04. The van der Waals surface area contributed by atoms with E-state index in [1.165, 1.54) is 0 Å². The summed E-state index contributed by atoms with van der Waals surface area (Å²) in [5.41, 5.74) is 0. The van der Waals surface area contributed by atoms with E-state index < -0.39 is 9.84 Å². The predicted molar refractivity (Wildman–Crippen MR) is 32.8 cm³/mol. The molecular formula is C4H10NO2S. The van der Waals surface area contributed by atoms with Crippen molar-refractivity contribution in [2.75, 3.05) is 11.6 Å². The molecule has 49 valence electrons. The van der Waals surface area contributed by atoms with Crippen molar-refractivity contribution in [3.63, 3.8) is 0 Å². The van der Waals surface area contributed by atoms with Gasteiger partial charge in [0.1, 0.15) is 0 Å². The van der Waals surface area contributed by atoms with Crippen LogP contribution < -0.4 is 5.32 Å². The van der Waals surface area contributed by atoms with Crippen LogP contribution in [0.3, 0.4) is 0 Å². The average Bonchev–Trinajstić information content (AvgIpc) is 1.67. The van der Waals surface area contributed by atoms with Gasteiger partial charge in [-0.3, -0.25) is 0 Å². The van der Waals surface area contributed by atoms with Gasteiger partial charge in [0.15, 0.2) is 9.84 Å². The number of rotatable bonds is 3. The fraction of sp³-hybridized carbons (Fsp3) is 0.750. The highest BCUT2D eigenvalue weighted by Gasteiger charge is 2.02. The van der Waals surface area contributed by atoms with E-state index in [0.717, 1.165) is 0 Å². The Labute approximate surface area is 50.0 Å². The molecule has 0 unspecified atom stereocenters. The third kappa shape index (κ3) is 2.98. The predicted octanol–water partition coefficient (Wildman–Crippen LogP) is -0.240. The van der Waals surface area contributed by atoms with Gasteiger partial charge in [0.05, 0.1) is 5.88 Å². The van der Waals surface area contributed by atoms with Crippen molar-refractivity contribution in [1.82, 2.24) is 5.32 Å². The third-order valence-corrected chi connectivity index (χ3v) is 2.29. The Kier molecular flexibility index (Phi) is 3.01. The zero-order valence-corrected chi connectivity index (χ0v) is 5.66. The van der Waals surface area contributed by atoms with Crippen LogP contribution in [0.2, 0.25) is 0 Å². The van der Waals surface area contributed by atoms with Crippen LogP contribution in [-0.4, -0.2) is 20.0 Å². The molecule has 0 amide bonds. The second-order valence-electron chi connectivity index (χ2n) is 1.43. The smallest absolute Gasteiger partial charge is 0.162 e. The highest BCUT2D eigenvalue weighted by molar-refractivity contribution is 7.91. The Hall–Kier alpha value is -0.0900. The van der Waals surface area contributed by atoms with Crippen LogP contribution in [0.1, 0.15) is 6.92 Å². The first-order chi connectivity index (χ1) is 3.62. The van der Waals surface area contributed by atoms with Crippen LogP contribution in [-0.2, 0) is 9.84 Å². The highest BCUT2D eigenvalue weighted by atomic mass is 32.2. The summed E-state index contributed by atoms with van der Waals surface area (Å²) in [4.78, 5) is 0. The first-order valence-corrected chi connectivity index (χ1v) is 4.15. The lowest BCUT2D eigenvalue weighted by atomic mass is 11.0. The van der Waals surface area contributed by atoms with E-state index in [1.54, 1.807) is 6.92 Å². The summed E-state index contributed by atoms with van der Waals surface area (Å²) >= 11 is 0. The molecule has 0 aliphatic heterocycles. The molecule has 0 saturated heterocycles. The van der Waals surface area contributed by atoms with Crippen LogP contribution in [0.4, 0.5) is 0 Å². The Balaban J connectivity index is 3.76. The summed E-state index contributed by atoms with van der Waals surface area (Å²) in [7, 11) is 0.346. The minimum atomic E-state index is -2.84. The lowest BCUT2D eigenvalue weighted by Crippen LogP contribution is -2.18. The molecule has 1 radical (unpaired) electrons. The molecule has 0 bridgehead atoms. The van der Waals surface area contributed by atoms with Crippen LogP contribution in [0, 0.1) is 7.05 Å². The molecule has 0 rings (SSSR count). The summed E-state index contributed by atoms with van der Waals surface area (Å²) < 4.78 is 21.0. The van der Waals surface area contributed by atoms with E-state index in [1.807, 2.05) is 0 Å². The molecule has 8 heavy (non-hydrogen) atoms. The van der Waals surface area contributed by atoms with Crippen molar-refractivity contribution in [1.29, 1.82) is 0 Å². The van der Waals surface area contributed by atoms with Gasteiger partial charge >= 0.3 is 0 Å². The molecule has 0 fully saturated rings. The third-order valence-electron chi connectivity index (χ3n) is 0.762. The molecular weight excluding hydrogens is 126 g/mol. The van der Waals surface area contributed by atoms with E-state index in [-0.39, 0.29) is 11.6 Å². The fourth-order valence-corrected chi connectivity index (χ4v) is 0.773. The van der Waals surface area contributed by atoms with E-state index >= 15 is 0 Å². The van der Waals surface area contributed by atoms with Gasteiger partial charge in [0, 0.05) is 12.8 Å². The van der Waals surface area contributed by atoms with E-state index in [0.29, 0.717) is 0 Å². The van der Waals surface area contributed by atoms with Gasteiger partial charge in [-0.15, -0.1) is 0 Å². The quantitative estimate of drug-likeness (QED) is 0.582. The van der Waals surface area contributed by atoms with E-state index in [9.17, 15) is 8.42 Å². The van der Waals surface area contributed by atoms with Gasteiger partial charge in [-0.05, 0) is 0 Å². The maximum absolute atomic E-state index is 10.5. The molecule has 0 aliphatic carbocycles. The number of hydrogen-bond donors (Lipinski definition) is 1. The minimum Gasteiger partial charge on any atom is -0.302 e. The summed E-state index contributed by atoms with van der Waals surface area (Å²) in [5, 5.41) is 2.32. The Bertz CT molecular complexity index is 138. The monoisotopic (exact) mass is 136 g/mol. The van der Waals surface area contributed by atoms with Crippen molar-refractivity contribution in [3.8, 4) is 0 Å². The van der Waals surface area contributed by atoms with Crippen LogP contribution >= 0.6 is 0 Å². The summed E-state index contributed by atoms with van der Waals surface area (Å²) in [6, 6.07) is 0. The van der Waals surface area contributed by atoms with Crippen LogP contribution in [0.25, 0.3) is 0 Å². The molecule has 0 spiro atoms. The Morgan fingerprint density at radius 2 is 2.12 bits per heavy atom. The minimum absolute atomic E-state index is 0.0243. The van der Waals surface area contributed by atoms with Gasteiger partial charge in [0.25, 0.3) is 0 Å². The topological polar surface area (TPSA) is 46.2 Å². The Morgan fingerprint density at radius 1 is 1.62 bits per heavy atom. The summed E-state index contributed by atoms with van der Waals surface area (Å²) in [6.45, 7) is 1.60. The maximum Gasteiger partial charge on any atom is 0.162 e. The largest absolute Gasteiger partial charge is 0.302 e.